The van der Waals surface area contributed by atoms with Crippen LogP contribution in [-0.4, -0.2) is 29.0 Å². The summed E-state index contributed by atoms with van der Waals surface area (Å²) >= 11 is 3.39. The van der Waals surface area contributed by atoms with Gasteiger partial charge in [-0.15, -0.1) is 0 Å². The van der Waals surface area contributed by atoms with Crippen molar-refractivity contribution in [1.82, 2.24) is 0 Å². The molecule has 0 N–H and O–H groups in total. The van der Waals surface area contributed by atoms with Gasteiger partial charge < -0.3 is 9.47 Å². The van der Waals surface area contributed by atoms with Crippen LogP contribution in [0.3, 0.4) is 0 Å². The molecular formula is C33H22BrNO6. The SMILES string of the molecule is Cc1ccc([C@@H]2OC3(C(=O)c4ccccc4C3=O)[C@@H]3C(=O)N(c4ccc(Oc5ccc(Br)cc5)cc4)C(=O)[C@@H]32)cc1. The summed E-state index contributed by atoms with van der Waals surface area (Å²) in [4.78, 5) is 57.0. The summed E-state index contributed by atoms with van der Waals surface area (Å²) in [6, 6.07) is 27.7. The first kappa shape index (κ1) is 25.6. The maximum atomic E-state index is 14.1. The lowest BCUT2D eigenvalue weighted by atomic mass is 9.77. The standard InChI is InChI=1S/C33H22BrNO6/c1-18-6-8-19(9-7-18)28-26-27(33(41-28)29(36)24-4-2-3-5-25(24)30(33)37)32(39)35(31(26)38)21-12-16-23(17-13-21)40-22-14-10-20(34)11-15-22/h2-17,26-28H,1H3/t26-,27-,28-/m0/s1. The van der Waals surface area contributed by atoms with Crippen LogP contribution >= 0.6 is 15.9 Å². The van der Waals surface area contributed by atoms with E-state index >= 15 is 0 Å². The summed E-state index contributed by atoms with van der Waals surface area (Å²) in [6.45, 7) is 1.93. The molecule has 0 radical (unpaired) electrons. The molecule has 2 heterocycles. The van der Waals surface area contributed by atoms with E-state index < -0.39 is 46.9 Å². The minimum absolute atomic E-state index is 0.203. The van der Waals surface area contributed by atoms with Crippen LogP contribution in [0.2, 0.25) is 0 Å². The van der Waals surface area contributed by atoms with Crippen molar-refractivity contribution in [2.24, 2.45) is 11.8 Å². The number of amides is 2. The highest BCUT2D eigenvalue weighted by atomic mass is 79.9. The molecular weight excluding hydrogens is 586 g/mol. The van der Waals surface area contributed by atoms with Crippen molar-refractivity contribution in [3.8, 4) is 11.5 Å². The molecule has 2 saturated heterocycles. The maximum Gasteiger partial charge on any atom is 0.241 e. The molecule has 7 rings (SSSR count). The Kier molecular flexibility index (Phi) is 5.81. The van der Waals surface area contributed by atoms with Gasteiger partial charge in [0.1, 0.15) is 11.5 Å². The molecule has 2 amide bonds. The highest BCUT2D eigenvalue weighted by Gasteiger charge is 2.74. The number of imide groups is 1. The van der Waals surface area contributed by atoms with Crippen LogP contribution in [-0.2, 0) is 14.3 Å². The van der Waals surface area contributed by atoms with Gasteiger partial charge in [-0.2, -0.15) is 0 Å². The summed E-state index contributed by atoms with van der Waals surface area (Å²) in [5.41, 5.74) is 0.254. The second-order valence-corrected chi connectivity index (χ2v) is 11.4. The number of rotatable bonds is 4. The minimum Gasteiger partial charge on any atom is -0.457 e. The van der Waals surface area contributed by atoms with Gasteiger partial charge in [-0.3, -0.25) is 19.2 Å². The van der Waals surface area contributed by atoms with Gasteiger partial charge in [0.05, 0.1) is 23.6 Å². The highest BCUT2D eigenvalue weighted by Crippen LogP contribution is 2.57. The quantitative estimate of drug-likeness (QED) is 0.201. The van der Waals surface area contributed by atoms with E-state index in [0.29, 0.717) is 22.7 Å². The van der Waals surface area contributed by atoms with Crippen LogP contribution < -0.4 is 9.64 Å². The van der Waals surface area contributed by atoms with Gasteiger partial charge in [0.15, 0.2) is 0 Å². The molecule has 0 bridgehead atoms. The van der Waals surface area contributed by atoms with E-state index in [0.717, 1.165) is 14.9 Å². The van der Waals surface area contributed by atoms with Crippen LogP contribution in [0.15, 0.2) is 102 Å². The number of carbonyl (C=O) groups excluding carboxylic acids is 4. The third-order valence-corrected chi connectivity index (χ3v) is 8.60. The van der Waals surface area contributed by atoms with Gasteiger partial charge in [0.2, 0.25) is 29.0 Å². The van der Waals surface area contributed by atoms with Crippen molar-refractivity contribution in [1.29, 1.82) is 0 Å². The number of Topliss-reactive ketones (excluding diaryl/α,β-unsaturated/α-hetero) is 2. The van der Waals surface area contributed by atoms with Gasteiger partial charge in [0.25, 0.3) is 0 Å². The molecule has 8 heteroatoms. The van der Waals surface area contributed by atoms with Crippen molar-refractivity contribution in [2.75, 3.05) is 4.90 Å². The average molecular weight is 608 g/mol. The number of fused-ring (bicyclic) bond motifs is 3. The molecule has 41 heavy (non-hydrogen) atoms. The van der Waals surface area contributed by atoms with Crippen molar-refractivity contribution in [2.45, 2.75) is 18.6 Å². The van der Waals surface area contributed by atoms with Crippen LogP contribution in [0.5, 0.6) is 11.5 Å². The van der Waals surface area contributed by atoms with Crippen molar-refractivity contribution < 1.29 is 28.7 Å². The van der Waals surface area contributed by atoms with E-state index in [4.69, 9.17) is 9.47 Å². The van der Waals surface area contributed by atoms with E-state index in [1.54, 1.807) is 48.5 Å². The van der Waals surface area contributed by atoms with Crippen LogP contribution in [0.1, 0.15) is 37.9 Å². The summed E-state index contributed by atoms with van der Waals surface area (Å²) < 4.78 is 13.1. The van der Waals surface area contributed by atoms with Gasteiger partial charge >= 0.3 is 0 Å². The highest BCUT2D eigenvalue weighted by molar-refractivity contribution is 9.10. The van der Waals surface area contributed by atoms with Crippen LogP contribution in [0.4, 0.5) is 5.69 Å². The molecule has 4 aromatic carbocycles. The largest absolute Gasteiger partial charge is 0.457 e. The third-order valence-electron chi connectivity index (χ3n) is 8.07. The smallest absolute Gasteiger partial charge is 0.241 e. The monoisotopic (exact) mass is 607 g/mol. The Bertz CT molecular complexity index is 1710. The first-order valence-corrected chi connectivity index (χ1v) is 13.9. The second kappa shape index (κ2) is 9.33. The number of nitrogens with zero attached hydrogens (tertiary/aromatic N) is 1. The van der Waals surface area contributed by atoms with E-state index in [2.05, 4.69) is 15.9 Å². The number of ether oxygens (including phenoxy) is 2. The Morgan fingerprint density at radius 1 is 0.732 bits per heavy atom. The van der Waals surface area contributed by atoms with Gasteiger partial charge in [-0.05, 0) is 61.0 Å². The summed E-state index contributed by atoms with van der Waals surface area (Å²) in [5.74, 6) is -3.51. The molecule has 202 valence electrons. The van der Waals surface area contributed by atoms with E-state index in [9.17, 15) is 19.2 Å². The Morgan fingerprint density at radius 3 is 1.88 bits per heavy atom. The lowest BCUT2D eigenvalue weighted by Gasteiger charge is -2.27. The number of anilines is 1. The molecule has 0 saturated carbocycles. The molecule has 2 aliphatic heterocycles. The molecule has 0 unspecified atom stereocenters. The Balaban J connectivity index is 1.28. The predicted octanol–water partition coefficient (Wildman–Crippen LogP) is 6.24. The fraction of sp³-hybridized carbons (Fsp3) is 0.152. The summed E-state index contributed by atoms with van der Waals surface area (Å²) in [6.07, 6.45) is -0.954. The fourth-order valence-electron chi connectivity index (χ4n) is 6.13. The number of hydrogen-bond donors (Lipinski definition) is 0. The molecule has 4 aromatic rings. The van der Waals surface area contributed by atoms with Gasteiger partial charge in [-0.1, -0.05) is 70.0 Å². The zero-order valence-electron chi connectivity index (χ0n) is 21.7. The number of hydrogen-bond acceptors (Lipinski definition) is 6. The minimum atomic E-state index is -2.10. The summed E-state index contributed by atoms with van der Waals surface area (Å²) in [5, 5.41) is 0. The zero-order valence-corrected chi connectivity index (χ0v) is 23.3. The lowest BCUT2D eigenvalue weighted by molar-refractivity contribution is -0.127. The zero-order chi connectivity index (χ0) is 28.5. The normalized spacial score (nSPS) is 22.4. The molecule has 2 fully saturated rings. The van der Waals surface area contributed by atoms with Crippen molar-refractivity contribution in [3.63, 3.8) is 0 Å². The maximum absolute atomic E-state index is 14.1. The molecule has 7 nitrogen and oxygen atoms in total. The Morgan fingerprint density at radius 2 is 1.29 bits per heavy atom. The first-order chi connectivity index (χ1) is 19.8. The third kappa shape index (κ3) is 3.74. The first-order valence-electron chi connectivity index (χ1n) is 13.1. The Hall–Kier alpha value is -4.40. The van der Waals surface area contributed by atoms with Crippen LogP contribution in [0, 0.1) is 18.8 Å². The predicted molar refractivity (Wildman–Crippen MR) is 153 cm³/mol. The number of ketones is 2. The number of aryl methyl sites for hydroxylation is 1. The van der Waals surface area contributed by atoms with Crippen LogP contribution in [0.25, 0.3) is 0 Å². The van der Waals surface area contributed by atoms with Crippen molar-refractivity contribution in [3.05, 3.63) is 124 Å². The van der Waals surface area contributed by atoms with Gasteiger partial charge in [0, 0.05) is 15.6 Å². The topological polar surface area (TPSA) is 90.0 Å². The molecule has 1 aliphatic carbocycles. The second-order valence-electron chi connectivity index (χ2n) is 10.5. The molecule has 3 aliphatic rings. The fourth-order valence-corrected chi connectivity index (χ4v) is 6.40. The number of halogens is 1. The summed E-state index contributed by atoms with van der Waals surface area (Å²) in [7, 11) is 0. The molecule has 1 spiro atoms. The van der Waals surface area contributed by atoms with Gasteiger partial charge in [-0.25, -0.2) is 4.90 Å². The van der Waals surface area contributed by atoms with E-state index in [-0.39, 0.29) is 11.1 Å². The lowest BCUT2D eigenvalue weighted by Crippen LogP contribution is -2.51. The van der Waals surface area contributed by atoms with E-state index in [1.807, 2.05) is 55.5 Å². The molecule has 0 aromatic heterocycles. The van der Waals surface area contributed by atoms with E-state index in [1.165, 1.54) is 0 Å². The number of benzene rings is 4. The molecule has 3 atom stereocenters. The van der Waals surface area contributed by atoms with Crippen molar-refractivity contribution >= 4 is 45.0 Å². The average Bonchev–Trinajstić information content (AvgIpc) is 3.55. The Labute approximate surface area is 243 Å². The number of carbonyl (C=O) groups is 4.